The van der Waals surface area contributed by atoms with Gasteiger partial charge < -0.3 is 5.73 Å². The van der Waals surface area contributed by atoms with Crippen molar-refractivity contribution in [2.45, 2.75) is 39.3 Å². The summed E-state index contributed by atoms with van der Waals surface area (Å²) in [5, 5.41) is 0. The molecule has 0 spiro atoms. The summed E-state index contributed by atoms with van der Waals surface area (Å²) in [6.45, 7) is 6.00. The van der Waals surface area contributed by atoms with Gasteiger partial charge in [-0.3, -0.25) is 0 Å². The molecule has 0 aliphatic heterocycles. The molecule has 1 aromatic carbocycles. The third kappa shape index (κ3) is 2.53. The number of benzene rings is 1. The first kappa shape index (κ1) is 13.8. The second-order valence-corrected chi connectivity index (χ2v) is 5.08. The third-order valence-electron chi connectivity index (χ3n) is 2.62. The van der Waals surface area contributed by atoms with Crippen molar-refractivity contribution < 1.29 is 17.6 Å². The number of anilines is 1. The van der Waals surface area contributed by atoms with Gasteiger partial charge in [-0.15, -0.1) is 0 Å². The van der Waals surface area contributed by atoms with Crippen LogP contribution < -0.4 is 5.73 Å². The Balaban J connectivity index is 3.71. The summed E-state index contributed by atoms with van der Waals surface area (Å²) in [6.07, 6.45) is -4.58. The summed E-state index contributed by atoms with van der Waals surface area (Å²) in [4.78, 5) is 0. The Morgan fingerprint density at radius 1 is 1.12 bits per heavy atom. The largest absolute Gasteiger partial charge is 0.417 e. The Morgan fingerprint density at radius 3 is 1.94 bits per heavy atom. The fraction of sp³-hybridized carbons (Fsp3) is 0.500. The number of hydrogen-bond acceptors (Lipinski definition) is 1. The molecule has 0 heterocycles. The van der Waals surface area contributed by atoms with Crippen molar-refractivity contribution in [2.75, 3.05) is 5.73 Å². The molecule has 0 aliphatic carbocycles. The molecule has 17 heavy (non-hydrogen) atoms. The predicted molar refractivity (Wildman–Crippen MR) is 59.3 cm³/mol. The van der Waals surface area contributed by atoms with Crippen LogP contribution in [0.5, 0.6) is 0 Å². The molecule has 96 valence electrons. The van der Waals surface area contributed by atoms with Gasteiger partial charge in [0.2, 0.25) is 0 Å². The van der Waals surface area contributed by atoms with Crippen LogP contribution >= 0.6 is 0 Å². The molecule has 0 saturated heterocycles. The van der Waals surface area contributed by atoms with Gasteiger partial charge in [0.25, 0.3) is 0 Å². The van der Waals surface area contributed by atoms with Crippen LogP contribution in [-0.2, 0) is 11.6 Å². The van der Waals surface area contributed by atoms with Crippen molar-refractivity contribution in [2.24, 2.45) is 0 Å². The van der Waals surface area contributed by atoms with Crippen LogP contribution in [0.4, 0.5) is 23.2 Å². The number of nitrogens with two attached hydrogens (primary N) is 1. The van der Waals surface area contributed by atoms with Gasteiger partial charge in [-0.1, -0.05) is 20.8 Å². The molecule has 5 heteroatoms. The highest BCUT2D eigenvalue weighted by atomic mass is 19.4. The number of hydrogen-bond donors (Lipinski definition) is 1. The maximum atomic E-state index is 13.5. The zero-order chi connectivity index (χ0) is 13.6. The van der Waals surface area contributed by atoms with Crippen molar-refractivity contribution >= 4 is 5.69 Å². The lowest BCUT2D eigenvalue weighted by Gasteiger charge is -2.26. The van der Waals surface area contributed by atoms with Gasteiger partial charge >= 0.3 is 6.18 Å². The van der Waals surface area contributed by atoms with Crippen LogP contribution in [0.1, 0.15) is 37.5 Å². The molecule has 0 bridgehead atoms. The fourth-order valence-corrected chi connectivity index (χ4v) is 1.78. The van der Waals surface area contributed by atoms with E-state index < -0.39 is 28.5 Å². The standard InChI is InChI=1S/C12H15F4N/c1-6-9(12(14,15)16)7(11(2,3)4)5-8(17)10(6)13/h5H,17H2,1-4H3. The Bertz CT molecular complexity index is 441. The van der Waals surface area contributed by atoms with Crippen LogP contribution in [-0.4, -0.2) is 0 Å². The van der Waals surface area contributed by atoms with Gasteiger partial charge in [0.15, 0.2) is 0 Å². The second-order valence-electron chi connectivity index (χ2n) is 5.08. The molecule has 0 aliphatic rings. The first-order valence-corrected chi connectivity index (χ1v) is 5.12. The number of nitrogen functional groups attached to an aromatic ring is 1. The quantitative estimate of drug-likeness (QED) is 0.545. The van der Waals surface area contributed by atoms with Crippen molar-refractivity contribution in [3.05, 3.63) is 28.6 Å². The van der Waals surface area contributed by atoms with E-state index in [-0.39, 0.29) is 11.3 Å². The molecule has 1 aromatic rings. The zero-order valence-electron chi connectivity index (χ0n) is 10.2. The summed E-state index contributed by atoms with van der Waals surface area (Å²) >= 11 is 0. The lowest BCUT2D eigenvalue weighted by atomic mass is 9.81. The Hall–Kier alpha value is -1.26. The van der Waals surface area contributed by atoms with Gasteiger partial charge in [-0.2, -0.15) is 13.2 Å². The number of alkyl halides is 3. The lowest BCUT2D eigenvalue weighted by molar-refractivity contribution is -0.139. The first-order valence-electron chi connectivity index (χ1n) is 5.12. The molecule has 0 saturated carbocycles. The van der Waals surface area contributed by atoms with Gasteiger partial charge in [-0.05, 0) is 29.5 Å². The van der Waals surface area contributed by atoms with Crippen LogP contribution in [0.2, 0.25) is 0 Å². The molecular formula is C12H15F4N. The topological polar surface area (TPSA) is 26.0 Å². The minimum absolute atomic E-state index is 0.0152. The second kappa shape index (κ2) is 3.89. The molecule has 0 atom stereocenters. The van der Waals surface area contributed by atoms with E-state index in [1.807, 2.05) is 0 Å². The summed E-state index contributed by atoms with van der Waals surface area (Å²) in [5.74, 6) is -0.995. The Morgan fingerprint density at radius 2 is 1.59 bits per heavy atom. The van der Waals surface area contributed by atoms with E-state index >= 15 is 0 Å². The summed E-state index contributed by atoms with van der Waals surface area (Å²) < 4.78 is 52.3. The van der Waals surface area contributed by atoms with Gasteiger partial charge in [0.05, 0.1) is 11.3 Å². The first-order chi connectivity index (χ1) is 7.46. The van der Waals surface area contributed by atoms with Crippen molar-refractivity contribution in [1.82, 2.24) is 0 Å². The van der Waals surface area contributed by atoms with Crippen molar-refractivity contribution in [3.8, 4) is 0 Å². The summed E-state index contributed by atoms with van der Waals surface area (Å²) in [7, 11) is 0. The Kier molecular flexibility index (Phi) is 3.16. The van der Waals surface area contributed by atoms with E-state index in [0.29, 0.717) is 0 Å². The van der Waals surface area contributed by atoms with Gasteiger partial charge in [-0.25, -0.2) is 4.39 Å². The van der Waals surface area contributed by atoms with Crippen LogP contribution in [0.25, 0.3) is 0 Å². The molecule has 0 fully saturated rings. The van der Waals surface area contributed by atoms with E-state index in [4.69, 9.17) is 5.73 Å². The Labute approximate surface area is 97.6 Å². The van der Waals surface area contributed by atoms with Crippen LogP contribution in [0.15, 0.2) is 6.07 Å². The zero-order valence-corrected chi connectivity index (χ0v) is 10.2. The van der Waals surface area contributed by atoms with E-state index in [1.54, 1.807) is 20.8 Å². The number of rotatable bonds is 0. The maximum Gasteiger partial charge on any atom is 0.417 e. The molecule has 2 N–H and O–H groups in total. The molecule has 0 amide bonds. The summed E-state index contributed by atoms with van der Waals surface area (Å²) in [6, 6.07) is 1.07. The molecule has 0 aromatic heterocycles. The molecule has 1 rings (SSSR count). The smallest absolute Gasteiger partial charge is 0.396 e. The van der Waals surface area contributed by atoms with Crippen molar-refractivity contribution in [1.29, 1.82) is 0 Å². The molecular weight excluding hydrogens is 234 g/mol. The van der Waals surface area contributed by atoms with Gasteiger partial charge in [0, 0.05) is 0 Å². The van der Waals surface area contributed by atoms with Crippen LogP contribution in [0, 0.1) is 12.7 Å². The monoisotopic (exact) mass is 249 g/mol. The lowest BCUT2D eigenvalue weighted by Crippen LogP contribution is -2.22. The van der Waals surface area contributed by atoms with Gasteiger partial charge in [0.1, 0.15) is 5.82 Å². The highest BCUT2D eigenvalue weighted by Gasteiger charge is 2.39. The maximum absolute atomic E-state index is 13.5. The highest BCUT2D eigenvalue weighted by molar-refractivity contribution is 5.54. The highest BCUT2D eigenvalue weighted by Crippen LogP contribution is 2.41. The minimum Gasteiger partial charge on any atom is -0.396 e. The predicted octanol–water partition coefficient (Wildman–Crippen LogP) is 4.03. The van der Waals surface area contributed by atoms with Crippen molar-refractivity contribution in [3.63, 3.8) is 0 Å². The molecule has 0 unspecified atom stereocenters. The van der Waals surface area contributed by atoms with E-state index in [9.17, 15) is 17.6 Å². The van der Waals surface area contributed by atoms with Crippen LogP contribution in [0.3, 0.4) is 0 Å². The fourth-order valence-electron chi connectivity index (χ4n) is 1.78. The normalized spacial score (nSPS) is 12.9. The number of halogens is 4. The molecule has 1 nitrogen and oxygen atoms in total. The van der Waals surface area contributed by atoms with E-state index in [0.717, 1.165) is 13.0 Å². The molecule has 0 radical (unpaired) electrons. The SMILES string of the molecule is Cc1c(F)c(N)cc(C(C)(C)C)c1C(F)(F)F. The minimum atomic E-state index is -4.58. The van der Waals surface area contributed by atoms with E-state index in [2.05, 4.69) is 0 Å². The summed E-state index contributed by atoms with van der Waals surface area (Å²) in [5.41, 5.74) is 3.04. The third-order valence-corrected chi connectivity index (χ3v) is 2.62. The average molecular weight is 249 g/mol. The average Bonchev–Trinajstić information content (AvgIpc) is 2.09. The van der Waals surface area contributed by atoms with E-state index in [1.165, 1.54) is 0 Å².